The zero-order valence-corrected chi connectivity index (χ0v) is 8.42. The Hall–Kier alpha value is -1.62. The number of benzene rings is 1. The zero-order chi connectivity index (χ0) is 11.3. The Kier molecular flexibility index (Phi) is 4.05. The van der Waals surface area contributed by atoms with Crippen molar-refractivity contribution in [3.05, 3.63) is 24.0 Å². The highest BCUT2D eigenvalue weighted by Gasteiger charge is 2.07. The van der Waals surface area contributed by atoms with Crippen LogP contribution in [0, 0.1) is 5.82 Å². The van der Waals surface area contributed by atoms with Crippen LogP contribution in [0.3, 0.4) is 0 Å². The van der Waals surface area contributed by atoms with E-state index in [4.69, 9.17) is 10.5 Å². The second-order valence-corrected chi connectivity index (χ2v) is 2.83. The van der Waals surface area contributed by atoms with Crippen LogP contribution in [-0.4, -0.2) is 19.1 Å². The van der Waals surface area contributed by atoms with Gasteiger partial charge in [-0.3, -0.25) is 4.79 Å². The predicted octanol–water partition coefficient (Wildman–Crippen LogP) is 1.12. The Bertz CT molecular complexity index is 355. The molecule has 82 valence electrons. The molecule has 15 heavy (non-hydrogen) atoms. The molecule has 1 amide bonds. The summed E-state index contributed by atoms with van der Waals surface area (Å²) in [4.78, 5) is 11.0. The molecule has 0 aliphatic heterocycles. The Morgan fingerprint density at radius 3 is 2.93 bits per heavy atom. The number of carbonyl (C=O) groups excluding carboxylic acids is 1. The number of anilines is 1. The van der Waals surface area contributed by atoms with Crippen LogP contribution in [0.1, 0.15) is 6.92 Å². The molecule has 0 saturated carbocycles. The van der Waals surface area contributed by atoms with E-state index < -0.39 is 5.82 Å². The molecule has 0 atom stereocenters. The summed E-state index contributed by atoms with van der Waals surface area (Å²) >= 11 is 0. The monoisotopic (exact) mass is 212 g/mol. The SMILES string of the molecule is CCOc1cc(F)ccc1NC(=O)CN. The number of ether oxygens (including phenoxy) is 1. The van der Waals surface area contributed by atoms with Crippen LogP contribution in [0.5, 0.6) is 5.75 Å². The van der Waals surface area contributed by atoms with E-state index in [0.717, 1.165) is 0 Å². The first-order chi connectivity index (χ1) is 7.17. The van der Waals surface area contributed by atoms with Crippen molar-refractivity contribution >= 4 is 11.6 Å². The molecule has 0 aliphatic carbocycles. The van der Waals surface area contributed by atoms with Gasteiger partial charge in [0.2, 0.25) is 5.91 Å². The van der Waals surface area contributed by atoms with Gasteiger partial charge in [0.15, 0.2) is 0 Å². The summed E-state index contributed by atoms with van der Waals surface area (Å²) in [6.07, 6.45) is 0. The second kappa shape index (κ2) is 5.31. The lowest BCUT2D eigenvalue weighted by Gasteiger charge is -2.10. The lowest BCUT2D eigenvalue weighted by Crippen LogP contribution is -2.22. The smallest absolute Gasteiger partial charge is 0.238 e. The van der Waals surface area contributed by atoms with Crippen LogP contribution in [0.25, 0.3) is 0 Å². The summed E-state index contributed by atoms with van der Waals surface area (Å²) in [5, 5.41) is 2.52. The van der Waals surface area contributed by atoms with Crippen LogP contribution in [0.2, 0.25) is 0 Å². The number of hydrogen-bond donors (Lipinski definition) is 2. The molecule has 0 bridgehead atoms. The Labute approximate surface area is 87.2 Å². The molecule has 0 heterocycles. The summed E-state index contributed by atoms with van der Waals surface area (Å²) < 4.78 is 18.0. The molecular formula is C10H13FN2O2. The first kappa shape index (κ1) is 11.5. The van der Waals surface area contributed by atoms with Gasteiger partial charge in [0, 0.05) is 6.07 Å². The van der Waals surface area contributed by atoms with Crippen molar-refractivity contribution in [3.63, 3.8) is 0 Å². The van der Waals surface area contributed by atoms with E-state index in [1.54, 1.807) is 6.92 Å². The number of halogens is 1. The van der Waals surface area contributed by atoms with Crippen molar-refractivity contribution in [2.24, 2.45) is 5.73 Å². The molecule has 3 N–H and O–H groups in total. The molecule has 0 saturated heterocycles. The fourth-order valence-electron chi connectivity index (χ4n) is 1.08. The normalized spacial score (nSPS) is 9.80. The minimum atomic E-state index is -0.413. The number of nitrogens with two attached hydrogens (primary N) is 1. The van der Waals surface area contributed by atoms with Crippen molar-refractivity contribution in [2.75, 3.05) is 18.5 Å². The third kappa shape index (κ3) is 3.21. The highest BCUT2D eigenvalue weighted by molar-refractivity contribution is 5.93. The molecule has 5 heteroatoms. The predicted molar refractivity (Wildman–Crippen MR) is 55.3 cm³/mol. The zero-order valence-electron chi connectivity index (χ0n) is 8.42. The van der Waals surface area contributed by atoms with E-state index in [1.165, 1.54) is 18.2 Å². The first-order valence-electron chi connectivity index (χ1n) is 4.59. The van der Waals surface area contributed by atoms with Gasteiger partial charge in [0.1, 0.15) is 11.6 Å². The molecule has 0 radical (unpaired) electrons. The van der Waals surface area contributed by atoms with E-state index in [-0.39, 0.29) is 12.5 Å². The minimum absolute atomic E-state index is 0.122. The van der Waals surface area contributed by atoms with Crippen LogP contribution in [-0.2, 0) is 4.79 Å². The van der Waals surface area contributed by atoms with E-state index in [2.05, 4.69) is 5.32 Å². The number of hydrogen-bond acceptors (Lipinski definition) is 3. The van der Waals surface area contributed by atoms with Crippen LogP contribution in [0.15, 0.2) is 18.2 Å². The van der Waals surface area contributed by atoms with Crippen molar-refractivity contribution in [1.29, 1.82) is 0 Å². The van der Waals surface area contributed by atoms with Gasteiger partial charge in [-0.25, -0.2) is 4.39 Å². The third-order valence-electron chi connectivity index (χ3n) is 1.70. The van der Waals surface area contributed by atoms with E-state index in [0.29, 0.717) is 18.0 Å². The number of rotatable bonds is 4. The highest BCUT2D eigenvalue weighted by atomic mass is 19.1. The average Bonchev–Trinajstić information content (AvgIpc) is 2.22. The van der Waals surface area contributed by atoms with Crippen molar-refractivity contribution in [2.45, 2.75) is 6.92 Å². The van der Waals surface area contributed by atoms with Gasteiger partial charge >= 0.3 is 0 Å². The number of amides is 1. The van der Waals surface area contributed by atoms with Crippen LogP contribution in [0.4, 0.5) is 10.1 Å². The van der Waals surface area contributed by atoms with Crippen LogP contribution >= 0.6 is 0 Å². The fraction of sp³-hybridized carbons (Fsp3) is 0.300. The third-order valence-corrected chi connectivity index (χ3v) is 1.70. The number of nitrogens with one attached hydrogen (secondary N) is 1. The molecule has 1 aromatic rings. The van der Waals surface area contributed by atoms with Gasteiger partial charge in [-0.1, -0.05) is 0 Å². The Morgan fingerprint density at radius 1 is 1.60 bits per heavy atom. The molecule has 4 nitrogen and oxygen atoms in total. The topological polar surface area (TPSA) is 64.3 Å². The second-order valence-electron chi connectivity index (χ2n) is 2.83. The standard InChI is InChI=1S/C10H13FN2O2/c1-2-15-9-5-7(11)3-4-8(9)13-10(14)6-12/h3-5H,2,6,12H2,1H3,(H,13,14). The van der Waals surface area contributed by atoms with E-state index in [9.17, 15) is 9.18 Å². The van der Waals surface area contributed by atoms with Gasteiger partial charge in [-0.2, -0.15) is 0 Å². The van der Waals surface area contributed by atoms with Gasteiger partial charge in [-0.15, -0.1) is 0 Å². The maximum Gasteiger partial charge on any atom is 0.238 e. The molecular weight excluding hydrogens is 199 g/mol. The maximum absolute atomic E-state index is 12.9. The van der Waals surface area contributed by atoms with Gasteiger partial charge in [-0.05, 0) is 19.1 Å². The summed E-state index contributed by atoms with van der Waals surface area (Å²) in [5.74, 6) is -0.453. The molecule has 0 fully saturated rings. The summed E-state index contributed by atoms with van der Waals surface area (Å²) in [5.41, 5.74) is 5.57. The lowest BCUT2D eigenvalue weighted by molar-refractivity contribution is -0.114. The van der Waals surface area contributed by atoms with E-state index in [1.807, 2.05) is 0 Å². The summed E-state index contributed by atoms with van der Waals surface area (Å²) in [6.45, 7) is 2.05. The first-order valence-corrected chi connectivity index (χ1v) is 4.59. The van der Waals surface area contributed by atoms with Crippen molar-refractivity contribution in [1.82, 2.24) is 0 Å². The van der Waals surface area contributed by atoms with Crippen molar-refractivity contribution < 1.29 is 13.9 Å². The summed E-state index contributed by atoms with van der Waals surface area (Å²) in [6, 6.07) is 3.90. The summed E-state index contributed by atoms with van der Waals surface area (Å²) in [7, 11) is 0. The molecule has 0 aromatic heterocycles. The number of carbonyl (C=O) groups is 1. The van der Waals surface area contributed by atoms with Gasteiger partial charge < -0.3 is 15.8 Å². The molecule has 1 aromatic carbocycles. The molecule has 0 spiro atoms. The van der Waals surface area contributed by atoms with Crippen molar-refractivity contribution in [3.8, 4) is 5.75 Å². The maximum atomic E-state index is 12.9. The highest BCUT2D eigenvalue weighted by Crippen LogP contribution is 2.25. The lowest BCUT2D eigenvalue weighted by atomic mass is 10.3. The molecule has 1 rings (SSSR count). The van der Waals surface area contributed by atoms with Gasteiger partial charge in [0.05, 0.1) is 18.8 Å². The Balaban J connectivity index is 2.89. The van der Waals surface area contributed by atoms with Gasteiger partial charge in [0.25, 0.3) is 0 Å². The molecule has 0 unspecified atom stereocenters. The minimum Gasteiger partial charge on any atom is -0.492 e. The van der Waals surface area contributed by atoms with Crippen LogP contribution < -0.4 is 15.8 Å². The van der Waals surface area contributed by atoms with E-state index >= 15 is 0 Å². The fourth-order valence-corrected chi connectivity index (χ4v) is 1.08. The largest absolute Gasteiger partial charge is 0.492 e. The average molecular weight is 212 g/mol. The quantitative estimate of drug-likeness (QED) is 0.786. The Morgan fingerprint density at radius 2 is 2.33 bits per heavy atom. The molecule has 0 aliphatic rings.